The van der Waals surface area contributed by atoms with Crippen LogP contribution < -0.4 is 20.3 Å². The maximum atomic E-state index is 12.9. The Morgan fingerprint density at radius 1 is 1.10 bits per heavy atom. The van der Waals surface area contributed by atoms with Crippen LogP contribution in [0.25, 0.3) is 0 Å². The Balaban J connectivity index is 1.69. The van der Waals surface area contributed by atoms with Crippen molar-refractivity contribution in [3.63, 3.8) is 0 Å². The molecule has 0 bridgehead atoms. The largest absolute Gasteiger partial charge is 0.496 e. The Morgan fingerprint density at radius 2 is 1.86 bits per heavy atom. The number of nitrogens with one attached hydrogen (secondary N) is 2. The van der Waals surface area contributed by atoms with Gasteiger partial charge in [-0.05, 0) is 49.6 Å². The highest BCUT2D eigenvalue weighted by Crippen LogP contribution is 2.23. The Labute approximate surface area is 172 Å². The van der Waals surface area contributed by atoms with E-state index < -0.39 is 6.04 Å². The topological polar surface area (TPSA) is 70.7 Å². The van der Waals surface area contributed by atoms with E-state index in [1.54, 1.807) is 24.3 Å². The lowest BCUT2D eigenvalue weighted by atomic mass is 10.1. The molecule has 0 spiro atoms. The van der Waals surface area contributed by atoms with E-state index >= 15 is 0 Å². The van der Waals surface area contributed by atoms with Crippen LogP contribution in [-0.4, -0.2) is 38.1 Å². The van der Waals surface area contributed by atoms with Gasteiger partial charge in [-0.1, -0.05) is 31.5 Å². The fourth-order valence-corrected chi connectivity index (χ4v) is 3.61. The van der Waals surface area contributed by atoms with E-state index in [0.29, 0.717) is 17.7 Å². The van der Waals surface area contributed by atoms with Crippen LogP contribution in [0.1, 0.15) is 43.0 Å². The highest BCUT2D eigenvalue weighted by molar-refractivity contribution is 6.02. The third kappa shape index (κ3) is 5.28. The van der Waals surface area contributed by atoms with Gasteiger partial charge < -0.3 is 20.3 Å². The van der Waals surface area contributed by atoms with Crippen molar-refractivity contribution in [3.05, 3.63) is 54.1 Å². The van der Waals surface area contributed by atoms with Crippen LogP contribution in [0, 0.1) is 0 Å². The van der Waals surface area contributed by atoms with Gasteiger partial charge in [-0.2, -0.15) is 0 Å². The number of rotatable bonds is 8. The monoisotopic (exact) mass is 395 g/mol. The Kier molecular flexibility index (Phi) is 7.11. The smallest absolute Gasteiger partial charge is 0.255 e. The fourth-order valence-electron chi connectivity index (χ4n) is 3.61. The van der Waals surface area contributed by atoms with E-state index in [1.807, 2.05) is 25.1 Å². The molecule has 0 aromatic heterocycles. The Bertz CT molecular complexity index is 847. The number of methoxy groups -OCH3 is 1. The van der Waals surface area contributed by atoms with Crippen molar-refractivity contribution in [1.82, 2.24) is 5.32 Å². The first-order valence-electron chi connectivity index (χ1n) is 10.2. The van der Waals surface area contributed by atoms with Crippen LogP contribution in [0.4, 0.5) is 11.4 Å². The number of nitrogens with zero attached hydrogens (tertiary/aromatic N) is 1. The number of ether oxygens (including phenoxy) is 1. The third-order valence-corrected chi connectivity index (χ3v) is 5.14. The average Bonchev–Trinajstić information content (AvgIpc) is 3.28. The van der Waals surface area contributed by atoms with Gasteiger partial charge in [-0.3, -0.25) is 9.59 Å². The Morgan fingerprint density at radius 3 is 2.59 bits per heavy atom. The highest BCUT2D eigenvalue weighted by Gasteiger charge is 2.22. The molecule has 2 aromatic rings. The number of benzene rings is 2. The zero-order chi connectivity index (χ0) is 20.6. The first-order valence-corrected chi connectivity index (χ1v) is 10.2. The molecule has 1 saturated heterocycles. The molecular formula is C23H29N3O3. The molecule has 1 aliphatic rings. The molecule has 3 rings (SSSR count). The van der Waals surface area contributed by atoms with Gasteiger partial charge in [-0.25, -0.2) is 0 Å². The van der Waals surface area contributed by atoms with Crippen molar-refractivity contribution >= 4 is 23.2 Å². The third-order valence-electron chi connectivity index (χ3n) is 5.14. The predicted molar refractivity (Wildman–Crippen MR) is 116 cm³/mol. The van der Waals surface area contributed by atoms with E-state index in [-0.39, 0.29) is 11.8 Å². The number of hydrogen-bond acceptors (Lipinski definition) is 4. The Hall–Kier alpha value is -3.02. The van der Waals surface area contributed by atoms with Gasteiger partial charge in [0.05, 0.1) is 12.7 Å². The summed E-state index contributed by atoms with van der Waals surface area (Å²) in [5.74, 6) is -0.0468. The lowest BCUT2D eigenvalue weighted by Gasteiger charge is -2.21. The molecule has 2 aromatic carbocycles. The highest BCUT2D eigenvalue weighted by atomic mass is 16.5. The van der Waals surface area contributed by atoms with Crippen molar-refractivity contribution in [1.29, 1.82) is 0 Å². The minimum Gasteiger partial charge on any atom is -0.496 e. The van der Waals surface area contributed by atoms with Gasteiger partial charge in [0.1, 0.15) is 11.8 Å². The van der Waals surface area contributed by atoms with Gasteiger partial charge in [0.15, 0.2) is 0 Å². The first kappa shape index (κ1) is 20.7. The van der Waals surface area contributed by atoms with Gasteiger partial charge in [-0.15, -0.1) is 0 Å². The zero-order valence-corrected chi connectivity index (χ0v) is 17.1. The first-order chi connectivity index (χ1) is 14.1. The summed E-state index contributed by atoms with van der Waals surface area (Å²) in [5, 5.41) is 5.82. The van der Waals surface area contributed by atoms with Gasteiger partial charge in [0, 0.05) is 24.5 Å². The average molecular weight is 396 g/mol. The standard InChI is InChI=1S/C23H29N3O3/c1-3-9-20(25-22(27)19-12-4-5-13-21(19)29-2)23(28)24-17-10-8-11-18(16-17)26-14-6-7-15-26/h4-5,8,10-13,16,20H,3,6-7,9,14-15H2,1-2H3,(H,24,28)(H,25,27). The summed E-state index contributed by atoms with van der Waals surface area (Å²) >= 11 is 0. The van der Waals surface area contributed by atoms with Crippen molar-refractivity contribution in [2.75, 3.05) is 30.4 Å². The number of para-hydroxylation sites is 1. The fraction of sp³-hybridized carbons (Fsp3) is 0.391. The molecule has 2 amide bonds. The van der Waals surface area contributed by atoms with Crippen LogP contribution in [0.5, 0.6) is 5.75 Å². The number of anilines is 2. The number of hydrogen-bond donors (Lipinski definition) is 2. The van der Waals surface area contributed by atoms with Crippen LogP contribution >= 0.6 is 0 Å². The molecule has 1 fully saturated rings. The molecule has 6 heteroatoms. The normalized spacial score (nSPS) is 14.3. The summed E-state index contributed by atoms with van der Waals surface area (Å²) in [6.07, 6.45) is 3.73. The second-order valence-electron chi connectivity index (χ2n) is 7.25. The molecule has 1 heterocycles. The molecule has 29 heavy (non-hydrogen) atoms. The minimum atomic E-state index is -0.618. The van der Waals surface area contributed by atoms with Crippen LogP contribution in [-0.2, 0) is 4.79 Å². The van der Waals surface area contributed by atoms with Crippen LogP contribution in [0.2, 0.25) is 0 Å². The van der Waals surface area contributed by atoms with E-state index in [0.717, 1.165) is 30.9 Å². The van der Waals surface area contributed by atoms with E-state index in [1.165, 1.54) is 20.0 Å². The lowest BCUT2D eigenvalue weighted by Crippen LogP contribution is -2.43. The second-order valence-corrected chi connectivity index (χ2v) is 7.25. The van der Waals surface area contributed by atoms with E-state index in [4.69, 9.17) is 4.74 Å². The summed E-state index contributed by atoms with van der Waals surface area (Å²) in [6, 6.07) is 14.3. The predicted octanol–water partition coefficient (Wildman–Crippen LogP) is 3.83. The molecule has 1 unspecified atom stereocenters. The summed E-state index contributed by atoms with van der Waals surface area (Å²) < 4.78 is 5.26. The molecule has 1 atom stereocenters. The van der Waals surface area contributed by atoms with Gasteiger partial charge in [0.25, 0.3) is 5.91 Å². The lowest BCUT2D eigenvalue weighted by molar-refractivity contribution is -0.118. The SMILES string of the molecule is CCCC(NC(=O)c1ccccc1OC)C(=O)Nc1cccc(N2CCCC2)c1. The summed E-state index contributed by atoms with van der Waals surface area (Å²) in [6.45, 7) is 4.08. The molecule has 2 N–H and O–H groups in total. The quantitative estimate of drug-likeness (QED) is 0.713. The number of amides is 2. The second kappa shape index (κ2) is 9.96. The molecule has 1 aliphatic heterocycles. The van der Waals surface area contributed by atoms with Crippen LogP contribution in [0.3, 0.4) is 0 Å². The van der Waals surface area contributed by atoms with Crippen molar-refractivity contribution in [2.24, 2.45) is 0 Å². The summed E-state index contributed by atoms with van der Waals surface area (Å²) in [5.41, 5.74) is 2.28. The van der Waals surface area contributed by atoms with Crippen molar-refractivity contribution in [3.8, 4) is 5.75 Å². The van der Waals surface area contributed by atoms with Gasteiger partial charge >= 0.3 is 0 Å². The van der Waals surface area contributed by atoms with E-state index in [2.05, 4.69) is 21.6 Å². The molecule has 154 valence electrons. The number of carbonyl (C=O) groups is 2. The molecule has 6 nitrogen and oxygen atoms in total. The summed E-state index contributed by atoms with van der Waals surface area (Å²) in [7, 11) is 1.52. The van der Waals surface area contributed by atoms with Crippen molar-refractivity contribution < 1.29 is 14.3 Å². The maximum Gasteiger partial charge on any atom is 0.255 e. The summed E-state index contributed by atoms with van der Waals surface area (Å²) in [4.78, 5) is 27.9. The zero-order valence-electron chi connectivity index (χ0n) is 17.1. The number of carbonyl (C=O) groups excluding carboxylic acids is 2. The minimum absolute atomic E-state index is 0.214. The van der Waals surface area contributed by atoms with Crippen molar-refractivity contribution in [2.45, 2.75) is 38.6 Å². The maximum absolute atomic E-state index is 12.9. The molecule has 0 aliphatic carbocycles. The molecular weight excluding hydrogens is 366 g/mol. The molecule has 0 radical (unpaired) electrons. The van der Waals surface area contributed by atoms with E-state index in [9.17, 15) is 9.59 Å². The van der Waals surface area contributed by atoms with Crippen LogP contribution in [0.15, 0.2) is 48.5 Å². The van der Waals surface area contributed by atoms with Gasteiger partial charge in [0.2, 0.25) is 5.91 Å². The molecule has 0 saturated carbocycles.